The first kappa shape index (κ1) is 8.38. The minimum Gasteiger partial charge on any atom is -0.493 e. The molecular formula is C10H16ClNO2. The highest BCUT2D eigenvalue weighted by molar-refractivity contribution is 5.85. The second-order valence-electron chi connectivity index (χ2n) is 2.63. The van der Waals surface area contributed by atoms with E-state index in [1.165, 1.54) is 7.11 Å². The normalized spacial score (nSPS) is 13.1. The number of benzene rings is 1. The van der Waals surface area contributed by atoms with Gasteiger partial charge < -0.3 is 15.2 Å². The lowest BCUT2D eigenvalue weighted by Gasteiger charge is -2.08. The Balaban J connectivity index is 0.00000256. The molecule has 0 radical (unpaired) electrons. The minimum absolute atomic E-state index is 0. The summed E-state index contributed by atoms with van der Waals surface area (Å²) in [7, 11) is -1.01. The van der Waals surface area contributed by atoms with E-state index < -0.39 is 7.04 Å². The van der Waals surface area contributed by atoms with Gasteiger partial charge in [-0.1, -0.05) is 6.07 Å². The van der Waals surface area contributed by atoms with Crippen LogP contribution in [0.1, 0.15) is 9.68 Å². The number of methoxy groups -OCH3 is 2. The Labute approximate surface area is 94.8 Å². The summed E-state index contributed by atoms with van der Waals surface area (Å²) in [6.45, 7) is 0.500. The van der Waals surface area contributed by atoms with Gasteiger partial charge in [0, 0.05) is 0 Å². The molecule has 14 heavy (non-hydrogen) atoms. The summed E-state index contributed by atoms with van der Waals surface area (Å²) in [5.74, 6) is 0.616. The average molecular weight is 221 g/mol. The molecule has 1 aromatic carbocycles. The zero-order chi connectivity index (χ0) is 12.2. The van der Waals surface area contributed by atoms with Gasteiger partial charge in [0.05, 0.1) is 18.3 Å². The molecule has 0 amide bonds. The number of rotatable bonds is 4. The zero-order valence-corrected chi connectivity index (χ0v) is 8.76. The molecule has 1 rings (SSSR count). The lowest BCUT2D eigenvalue weighted by Crippen LogP contribution is -2.03. The standard InChI is InChI=1S/C10H15NO2.ClH/c1-12-9-4-3-8(5-6-11)7-10(9)13-2;/h3-4,7H,5-6,11H2,1-2H3;1H/i2D3;. The number of hydrogen-bond donors (Lipinski definition) is 1. The Kier molecular flexibility index (Phi) is 3.90. The molecule has 0 heterocycles. The Morgan fingerprint density at radius 2 is 2.14 bits per heavy atom. The third-order valence-electron chi connectivity index (χ3n) is 1.77. The van der Waals surface area contributed by atoms with Crippen molar-refractivity contribution in [3.05, 3.63) is 23.8 Å². The predicted molar refractivity (Wildman–Crippen MR) is 59.6 cm³/mol. The number of halogens is 1. The molecule has 3 nitrogen and oxygen atoms in total. The molecular weight excluding hydrogens is 202 g/mol. The first-order valence-electron chi connectivity index (χ1n) is 5.52. The second-order valence-corrected chi connectivity index (χ2v) is 2.63. The molecule has 80 valence electrons. The predicted octanol–water partition coefficient (Wildman–Crippen LogP) is 1.63. The Morgan fingerprint density at radius 3 is 2.71 bits per heavy atom. The Hall–Kier alpha value is -0.930. The SMILES string of the molecule is Cl.[2H]C([2H])([2H])Oc1cc(CCN)ccc1OC. The van der Waals surface area contributed by atoms with Gasteiger partial charge in [-0.05, 0) is 30.7 Å². The Morgan fingerprint density at radius 1 is 1.36 bits per heavy atom. The number of ether oxygens (including phenoxy) is 2. The monoisotopic (exact) mass is 220 g/mol. The van der Waals surface area contributed by atoms with Crippen LogP contribution in [0, 0.1) is 0 Å². The third-order valence-corrected chi connectivity index (χ3v) is 1.77. The van der Waals surface area contributed by atoms with Crippen LogP contribution in [0.3, 0.4) is 0 Å². The summed E-state index contributed by atoms with van der Waals surface area (Å²) in [6, 6.07) is 5.14. The van der Waals surface area contributed by atoms with E-state index in [2.05, 4.69) is 0 Å². The summed E-state index contributed by atoms with van der Waals surface area (Å²) >= 11 is 0. The van der Waals surface area contributed by atoms with Crippen molar-refractivity contribution in [1.29, 1.82) is 0 Å². The van der Waals surface area contributed by atoms with Gasteiger partial charge in [0.1, 0.15) is 0 Å². The Bertz CT molecular complexity index is 358. The maximum absolute atomic E-state index is 7.04. The largest absolute Gasteiger partial charge is 0.493 e. The lowest BCUT2D eigenvalue weighted by molar-refractivity contribution is 0.354. The molecule has 0 saturated heterocycles. The van der Waals surface area contributed by atoms with Crippen molar-refractivity contribution in [2.75, 3.05) is 20.7 Å². The molecule has 0 aliphatic heterocycles. The van der Waals surface area contributed by atoms with Gasteiger partial charge in [0.2, 0.25) is 0 Å². The lowest BCUT2D eigenvalue weighted by atomic mass is 10.1. The summed E-state index contributed by atoms with van der Waals surface area (Å²) in [5, 5.41) is 0. The smallest absolute Gasteiger partial charge is 0.160 e. The molecule has 0 spiro atoms. The van der Waals surface area contributed by atoms with Gasteiger partial charge in [-0.25, -0.2) is 0 Å². The number of nitrogens with two attached hydrogens (primary N) is 1. The first-order valence-corrected chi connectivity index (χ1v) is 4.02. The van der Waals surface area contributed by atoms with E-state index >= 15 is 0 Å². The molecule has 0 fully saturated rings. The highest BCUT2D eigenvalue weighted by Crippen LogP contribution is 2.27. The quantitative estimate of drug-likeness (QED) is 0.839. The van der Waals surface area contributed by atoms with Crippen LogP contribution >= 0.6 is 12.4 Å². The maximum atomic E-state index is 7.04. The zero-order valence-electron chi connectivity index (χ0n) is 10.9. The van der Waals surface area contributed by atoms with E-state index in [9.17, 15) is 0 Å². The van der Waals surface area contributed by atoms with Crippen molar-refractivity contribution in [3.63, 3.8) is 0 Å². The molecule has 0 aliphatic carbocycles. The fraction of sp³-hybridized carbons (Fsp3) is 0.400. The van der Waals surface area contributed by atoms with Crippen LogP contribution in [-0.4, -0.2) is 20.7 Å². The first-order chi connectivity index (χ1) is 7.46. The van der Waals surface area contributed by atoms with Crippen molar-refractivity contribution in [2.45, 2.75) is 6.42 Å². The summed E-state index contributed by atoms with van der Waals surface area (Å²) in [6.07, 6.45) is 0.668. The van der Waals surface area contributed by atoms with E-state index in [-0.39, 0.29) is 18.2 Å². The fourth-order valence-corrected chi connectivity index (χ4v) is 1.12. The summed E-state index contributed by atoms with van der Waals surface area (Å²) < 4.78 is 31.0. The minimum atomic E-state index is -2.48. The van der Waals surface area contributed by atoms with Crippen LogP contribution in [0.5, 0.6) is 11.5 Å². The molecule has 0 aromatic heterocycles. The third kappa shape index (κ3) is 3.09. The van der Waals surface area contributed by atoms with Crippen molar-refractivity contribution in [1.82, 2.24) is 0 Å². The topological polar surface area (TPSA) is 44.5 Å². The van der Waals surface area contributed by atoms with E-state index in [0.29, 0.717) is 18.7 Å². The molecule has 0 saturated carbocycles. The van der Waals surface area contributed by atoms with Crippen molar-refractivity contribution in [2.24, 2.45) is 5.73 Å². The molecule has 0 unspecified atom stereocenters. The van der Waals surface area contributed by atoms with E-state index in [1.807, 2.05) is 6.07 Å². The highest BCUT2D eigenvalue weighted by Gasteiger charge is 2.03. The van der Waals surface area contributed by atoms with Gasteiger partial charge in [-0.3, -0.25) is 0 Å². The van der Waals surface area contributed by atoms with Gasteiger partial charge in [-0.15, -0.1) is 12.4 Å². The van der Waals surface area contributed by atoms with E-state index in [1.54, 1.807) is 12.1 Å². The fourth-order valence-electron chi connectivity index (χ4n) is 1.12. The van der Waals surface area contributed by atoms with E-state index in [4.69, 9.17) is 19.3 Å². The van der Waals surface area contributed by atoms with Gasteiger partial charge in [0.25, 0.3) is 0 Å². The molecule has 0 aliphatic rings. The van der Waals surface area contributed by atoms with Gasteiger partial charge in [-0.2, -0.15) is 0 Å². The van der Waals surface area contributed by atoms with E-state index in [0.717, 1.165) is 5.56 Å². The molecule has 2 N–H and O–H groups in total. The molecule has 0 bridgehead atoms. The van der Waals surface area contributed by atoms with Crippen LogP contribution in [0.4, 0.5) is 0 Å². The number of hydrogen-bond acceptors (Lipinski definition) is 3. The average Bonchev–Trinajstić information content (AvgIpc) is 2.16. The molecule has 0 atom stereocenters. The summed E-state index contributed by atoms with van der Waals surface area (Å²) in [5.41, 5.74) is 6.34. The molecule has 4 heteroatoms. The van der Waals surface area contributed by atoms with Crippen LogP contribution in [0.25, 0.3) is 0 Å². The van der Waals surface area contributed by atoms with Gasteiger partial charge >= 0.3 is 0 Å². The highest BCUT2D eigenvalue weighted by atomic mass is 35.5. The summed E-state index contributed by atoms with van der Waals surface area (Å²) in [4.78, 5) is 0. The van der Waals surface area contributed by atoms with Crippen molar-refractivity contribution in [3.8, 4) is 11.5 Å². The van der Waals surface area contributed by atoms with Crippen LogP contribution in [0.15, 0.2) is 18.2 Å². The van der Waals surface area contributed by atoms with Crippen molar-refractivity contribution < 1.29 is 13.6 Å². The van der Waals surface area contributed by atoms with Gasteiger partial charge in [0.15, 0.2) is 11.5 Å². The molecule has 1 aromatic rings. The maximum Gasteiger partial charge on any atom is 0.160 e. The van der Waals surface area contributed by atoms with Crippen LogP contribution in [-0.2, 0) is 6.42 Å². The van der Waals surface area contributed by atoms with Crippen LogP contribution < -0.4 is 15.2 Å². The van der Waals surface area contributed by atoms with Crippen LogP contribution in [0.2, 0.25) is 0 Å². The second kappa shape index (κ2) is 6.51. The van der Waals surface area contributed by atoms with Crippen molar-refractivity contribution >= 4 is 12.4 Å².